The van der Waals surface area contributed by atoms with Gasteiger partial charge in [-0.2, -0.15) is 0 Å². The molecule has 105 heavy (non-hydrogen) atoms. The Labute approximate surface area is 620 Å². The number of fused-ring (bicyclic) bond motifs is 16. The van der Waals surface area contributed by atoms with Crippen LogP contribution in [0.15, 0.2) is 322 Å². The second-order valence-electron chi connectivity index (χ2n) is 28.0. The van der Waals surface area contributed by atoms with Gasteiger partial charge in [-0.3, -0.25) is 0 Å². The van der Waals surface area contributed by atoms with Crippen molar-refractivity contribution in [2.75, 3.05) is 59.7 Å². The largest absolute Gasteiger partial charge is 0.370 e. The van der Waals surface area contributed by atoms with Gasteiger partial charge in [0, 0.05) is 153 Å². The summed E-state index contributed by atoms with van der Waals surface area (Å²) in [5.41, 5.74) is 34.0. The van der Waals surface area contributed by atoms with Crippen LogP contribution < -0.4 is 24.5 Å². The number of nitrogens with zero attached hydrogens (tertiary/aromatic N) is 7. The molecule has 5 aliphatic heterocycles. The minimum absolute atomic E-state index is 1.01. The Bertz CT molecular complexity index is 5450. The minimum Gasteiger partial charge on any atom is -0.370 e. The highest BCUT2D eigenvalue weighted by molar-refractivity contribution is 6.08. The maximum atomic E-state index is 2.33. The fourth-order valence-corrected chi connectivity index (χ4v) is 15.9. The lowest BCUT2D eigenvalue weighted by atomic mass is 9.94. The number of hydrogen-bond acceptors (Lipinski definition) is 5. The molecule has 13 aromatic carbocycles. The molecule has 0 spiro atoms. The first-order valence-corrected chi connectivity index (χ1v) is 36.8. The van der Waals surface area contributed by atoms with Crippen LogP contribution in [-0.2, 0) is 59.3 Å². The fourth-order valence-electron chi connectivity index (χ4n) is 15.9. The van der Waals surface area contributed by atoms with Crippen LogP contribution in [0.4, 0.5) is 45.5 Å². The van der Waals surface area contributed by atoms with Crippen LogP contribution in [-0.4, -0.2) is 44.4 Å². The van der Waals surface area contributed by atoms with Crippen LogP contribution in [0.3, 0.4) is 0 Å². The van der Waals surface area contributed by atoms with Crippen molar-refractivity contribution in [3.63, 3.8) is 0 Å². The number of anilines is 8. The number of benzene rings is 13. The third-order valence-electron chi connectivity index (χ3n) is 21.4. The van der Waals surface area contributed by atoms with Gasteiger partial charge in [-0.25, -0.2) is 0 Å². The van der Waals surface area contributed by atoms with E-state index in [4.69, 9.17) is 0 Å². The summed E-state index contributed by atoms with van der Waals surface area (Å²) in [6.45, 7) is 2.01. The van der Waals surface area contributed by atoms with Crippen molar-refractivity contribution in [1.82, 2.24) is 9.13 Å². The molecule has 0 bridgehead atoms. The van der Waals surface area contributed by atoms with Crippen molar-refractivity contribution in [3.8, 4) is 11.1 Å². The lowest BCUT2D eigenvalue weighted by molar-refractivity contribution is 0.911. The monoisotopic (exact) mass is 1370 g/mol. The van der Waals surface area contributed by atoms with Gasteiger partial charge in [-0.05, 0) is 182 Å². The van der Waals surface area contributed by atoms with Gasteiger partial charge in [-0.1, -0.05) is 255 Å². The molecule has 1 aliphatic carbocycles. The number of rotatable bonds is 0. The second kappa shape index (κ2) is 31.1. The van der Waals surface area contributed by atoms with Gasteiger partial charge in [0.1, 0.15) is 0 Å². The Kier molecular flexibility index (Phi) is 20.3. The number of hydrogen-bond donors (Lipinski definition) is 0. The van der Waals surface area contributed by atoms with Crippen molar-refractivity contribution in [2.24, 2.45) is 14.1 Å². The van der Waals surface area contributed by atoms with Crippen LogP contribution in [0.2, 0.25) is 0 Å². The third-order valence-corrected chi connectivity index (χ3v) is 21.4. The van der Waals surface area contributed by atoms with Crippen molar-refractivity contribution >= 4 is 96.4 Å². The molecule has 0 amide bonds. The zero-order valence-corrected chi connectivity index (χ0v) is 61.4. The van der Waals surface area contributed by atoms with Crippen LogP contribution >= 0.6 is 0 Å². The van der Waals surface area contributed by atoms with E-state index in [2.05, 4.69) is 423 Å². The zero-order valence-electron chi connectivity index (χ0n) is 61.4. The lowest BCUT2D eigenvalue weighted by Gasteiger charge is -2.29. The molecule has 0 saturated heterocycles. The predicted octanol–water partition coefficient (Wildman–Crippen LogP) is 23.5. The molecule has 21 rings (SSSR count). The maximum absolute atomic E-state index is 2.33. The van der Waals surface area contributed by atoms with E-state index in [1.54, 1.807) is 0 Å². The minimum atomic E-state index is 1.01. The van der Waals surface area contributed by atoms with Gasteiger partial charge < -0.3 is 33.6 Å². The Morgan fingerprint density at radius 1 is 0.257 bits per heavy atom. The summed E-state index contributed by atoms with van der Waals surface area (Å²) in [4.78, 5) is 11.5. The van der Waals surface area contributed by atoms with Crippen LogP contribution in [0, 0.1) is 0 Å². The van der Waals surface area contributed by atoms with Gasteiger partial charge in [0.2, 0.25) is 0 Å². The molecule has 6 aliphatic rings. The molecule has 7 nitrogen and oxygen atoms in total. The summed E-state index contributed by atoms with van der Waals surface area (Å²) in [7, 11) is 14.9. The standard InChI is InChI=1S/C15H15N.C15H13N.C15H15N.2C14H13N.C13H11N.C12H11N/c2*1-16-14-8-4-2-6-12(14)10-11-13-7-3-5-9-15(13)16;1-16-11-14-8-3-2-6-12(14)10-13-7-4-5-9-15(13)16;1-15-13-8-4-2-6-11(13)10-12-7-3-5-9-14(12)15;1-15-10-11-6-2-3-7-12(11)13-8-4-5-9-14(13)15;1-14-12-8-4-2-6-10(12)11-7-3-5-9-13(11)14;1-13-6-5-11-7-9-3-2-4-10(9)8-12(11)13/h2-9H,10-11H2,1H3;2-11H,1H3;2-9H,10-11H2,1H3;2*2-9H,10H2,1H3;2-9H,1H3;2,4-8H,3H2,1H3. The normalized spacial score (nSPS) is 13.2. The topological polar surface area (TPSA) is 26.1 Å². The predicted molar refractivity (Wildman–Crippen MR) is 450 cm³/mol. The van der Waals surface area contributed by atoms with Gasteiger partial charge >= 0.3 is 0 Å². The smallest absolute Gasteiger partial charge is 0.0488 e. The van der Waals surface area contributed by atoms with E-state index in [1.165, 1.54) is 156 Å². The highest BCUT2D eigenvalue weighted by atomic mass is 15.1. The summed E-state index contributed by atoms with van der Waals surface area (Å²) >= 11 is 0. The van der Waals surface area contributed by atoms with Crippen LogP contribution in [0.25, 0.3) is 62.1 Å². The van der Waals surface area contributed by atoms with Crippen molar-refractivity contribution in [1.29, 1.82) is 0 Å². The first-order chi connectivity index (χ1) is 51.5. The molecule has 0 atom stereocenters. The number of aryl methyl sites for hydroxylation is 4. The van der Waals surface area contributed by atoms with Gasteiger partial charge in [0.05, 0.1) is 0 Å². The molecule has 7 heteroatoms. The van der Waals surface area contributed by atoms with E-state index in [9.17, 15) is 0 Å². The van der Waals surface area contributed by atoms with Crippen LogP contribution in [0.5, 0.6) is 0 Å². The van der Waals surface area contributed by atoms with Crippen LogP contribution in [0.1, 0.15) is 66.8 Å². The summed E-state index contributed by atoms with van der Waals surface area (Å²) < 4.78 is 4.41. The van der Waals surface area contributed by atoms with E-state index < -0.39 is 0 Å². The molecule has 0 N–H and O–H groups in total. The molecule has 0 fully saturated rings. The Hall–Kier alpha value is -12.3. The highest BCUT2D eigenvalue weighted by Gasteiger charge is 2.22. The first kappa shape index (κ1) is 68.4. The first-order valence-electron chi connectivity index (χ1n) is 36.8. The van der Waals surface area contributed by atoms with E-state index in [0.29, 0.717) is 0 Å². The number of allylic oxidation sites excluding steroid dienone is 1. The SMILES string of the molecule is CN1Cc2ccccc2-c2ccccc21.CN1Cc2ccccc2Cc2ccccc21.CN1c2ccccc2C=Cc2ccccc21.CN1c2ccccc2CCc2ccccc21.CN1c2ccccc2Cc2ccccc21.Cn1c2ccccc2c2ccccc21.Cn1ccc2cc3c(cc21)C=CC3. The molecular formula is C98H91N7. The fraction of sp³-hybridized carbons (Fsp3) is 0.143. The van der Waals surface area contributed by atoms with E-state index in [-0.39, 0.29) is 0 Å². The van der Waals surface area contributed by atoms with E-state index >= 15 is 0 Å². The van der Waals surface area contributed by atoms with Crippen molar-refractivity contribution in [3.05, 3.63) is 388 Å². The highest BCUT2D eigenvalue weighted by Crippen LogP contribution is 2.41. The average Bonchev–Trinajstić information content (AvgIpc) is 1.72. The number of para-hydroxylation sites is 10. The summed E-state index contributed by atoms with van der Waals surface area (Å²) in [6.07, 6.45) is 16.4. The molecule has 518 valence electrons. The van der Waals surface area contributed by atoms with Gasteiger partial charge in [0.25, 0.3) is 0 Å². The second-order valence-corrected chi connectivity index (χ2v) is 28.0. The average molecular weight is 1370 g/mol. The molecule has 0 saturated carbocycles. The molecule has 15 aromatic rings. The third kappa shape index (κ3) is 14.6. The molecule has 0 radical (unpaired) electrons. The van der Waals surface area contributed by atoms with E-state index in [1.807, 2.05) is 0 Å². The Morgan fingerprint density at radius 2 is 0.638 bits per heavy atom. The molecule has 0 unspecified atom stereocenters. The van der Waals surface area contributed by atoms with Gasteiger partial charge in [-0.15, -0.1) is 0 Å². The molecule has 2 aromatic heterocycles. The molecule has 7 heterocycles. The summed E-state index contributed by atoms with van der Waals surface area (Å²) in [5.74, 6) is 0. The molecular weight excluding hydrogens is 1280 g/mol. The van der Waals surface area contributed by atoms with Crippen molar-refractivity contribution in [2.45, 2.75) is 45.2 Å². The zero-order chi connectivity index (χ0) is 71.8. The Balaban J connectivity index is 0.0000000984. The van der Waals surface area contributed by atoms with Crippen molar-refractivity contribution < 1.29 is 0 Å². The lowest BCUT2D eigenvalue weighted by Crippen LogP contribution is -2.21. The summed E-state index contributed by atoms with van der Waals surface area (Å²) in [6, 6.07) is 110. The van der Waals surface area contributed by atoms with Gasteiger partial charge in [0.15, 0.2) is 0 Å². The van der Waals surface area contributed by atoms with E-state index in [0.717, 1.165) is 45.2 Å². The summed E-state index contributed by atoms with van der Waals surface area (Å²) in [5, 5.41) is 4.03. The maximum Gasteiger partial charge on any atom is 0.0488 e. The number of aromatic nitrogens is 2. The quantitative estimate of drug-likeness (QED) is 0.151. The Morgan fingerprint density at radius 3 is 1.20 bits per heavy atom.